The second-order valence-electron chi connectivity index (χ2n) is 3.69. The molecule has 0 aromatic heterocycles. The summed E-state index contributed by atoms with van der Waals surface area (Å²) in [6.07, 6.45) is 0. The number of aliphatic hydroxyl groups is 1. The van der Waals surface area contributed by atoms with E-state index in [0.29, 0.717) is 4.31 Å². The second kappa shape index (κ2) is 7.37. The number of nitriles is 2. The molecule has 0 amide bonds. The van der Waals surface area contributed by atoms with Crippen LogP contribution in [0.25, 0.3) is 0 Å². The Morgan fingerprint density at radius 1 is 1.24 bits per heavy atom. The summed E-state index contributed by atoms with van der Waals surface area (Å²) in [6.45, 7) is -1.47. The largest absolute Gasteiger partial charge is 0.384 e. The Hall–Kier alpha value is -2.44. The molecule has 108 valence electrons. The van der Waals surface area contributed by atoms with E-state index >= 15 is 0 Å². The van der Waals surface area contributed by atoms with Crippen molar-refractivity contribution in [3.05, 3.63) is 29.6 Å². The molecule has 0 aliphatic rings. The molecule has 0 unspecified atom stereocenters. The molecule has 0 saturated heterocycles. The van der Waals surface area contributed by atoms with Gasteiger partial charge in [0.2, 0.25) is 10.0 Å². The van der Waals surface area contributed by atoms with E-state index in [9.17, 15) is 12.8 Å². The Bertz CT molecular complexity index is 751. The lowest BCUT2D eigenvalue weighted by Crippen LogP contribution is -2.32. The number of hydrogen-bond donors (Lipinski definition) is 1. The van der Waals surface area contributed by atoms with E-state index in [1.807, 2.05) is 0 Å². The van der Waals surface area contributed by atoms with Crippen LogP contribution in [0, 0.1) is 40.3 Å². The maximum Gasteiger partial charge on any atom is 0.245 e. The summed E-state index contributed by atoms with van der Waals surface area (Å²) in [4.78, 5) is -0.375. The van der Waals surface area contributed by atoms with Gasteiger partial charge in [0.05, 0.1) is 22.6 Å². The van der Waals surface area contributed by atoms with Crippen LogP contribution in [0.2, 0.25) is 0 Å². The zero-order valence-corrected chi connectivity index (χ0v) is 11.6. The molecule has 0 aliphatic heterocycles. The summed E-state index contributed by atoms with van der Waals surface area (Å²) in [7, 11) is -4.13. The van der Waals surface area contributed by atoms with Crippen LogP contribution in [-0.4, -0.2) is 37.5 Å². The fraction of sp³-hybridized carbons (Fsp3) is 0.231. The van der Waals surface area contributed by atoms with Gasteiger partial charge in [-0.25, -0.2) is 12.8 Å². The fourth-order valence-electron chi connectivity index (χ4n) is 1.43. The van der Waals surface area contributed by atoms with E-state index < -0.39 is 35.5 Å². The van der Waals surface area contributed by atoms with Gasteiger partial charge >= 0.3 is 0 Å². The minimum atomic E-state index is -4.13. The molecular weight excluding hydrogens is 297 g/mol. The highest BCUT2D eigenvalue weighted by molar-refractivity contribution is 7.89. The first-order chi connectivity index (χ1) is 9.97. The average molecular weight is 307 g/mol. The molecule has 0 atom stereocenters. The number of rotatable bonds is 4. The Morgan fingerprint density at radius 3 is 2.33 bits per heavy atom. The van der Waals surface area contributed by atoms with Crippen molar-refractivity contribution < 1.29 is 17.9 Å². The Balaban J connectivity index is 3.24. The van der Waals surface area contributed by atoms with Crippen molar-refractivity contribution in [2.24, 2.45) is 0 Å². The molecule has 8 heteroatoms. The molecule has 0 aliphatic carbocycles. The van der Waals surface area contributed by atoms with Crippen LogP contribution in [0.15, 0.2) is 23.1 Å². The number of sulfonamides is 1. The van der Waals surface area contributed by atoms with Crippen molar-refractivity contribution in [2.45, 2.75) is 4.90 Å². The third kappa shape index (κ3) is 4.01. The van der Waals surface area contributed by atoms with Gasteiger partial charge in [0.15, 0.2) is 0 Å². The van der Waals surface area contributed by atoms with Crippen LogP contribution in [0.1, 0.15) is 5.56 Å². The molecular formula is C13H10FN3O3S. The maximum atomic E-state index is 13.7. The molecule has 0 bridgehead atoms. The summed E-state index contributed by atoms with van der Waals surface area (Å²) in [5.41, 5.74) is -0.0601. The van der Waals surface area contributed by atoms with Crippen molar-refractivity contribution in [1.29, 1.82) is 10.5 Å². The summed E-state index contributed by atoms with van der Waals surface area (Å²) < 4.78 is 38.7. The molecule has 1 rings (SSSR count). The van der Waals surface area contributed by atoms with Crippen LogP contribution in [0.4, 0.5) is 4.39 Å². The van der Waals surface area contributed by atoms with Crippen LogP contribution in [0.5, 0.6) is 0 Å². The summed E-state index contributed by atoms with van der Waals surface area (Å²) in [5.74, 6) is 3.71. The summed E-state index contributed by atoms with van der Waals surface area (Å²) in [6, 6.07) is 6.31. The highest BCUT2D eigenvalue weighted by Crippen LogP contribution is 2.18. The molecule has 1 N–H and O–H groups in total. The SMILES string of the molecule is N#CCN(CC#N)S(=O)(=O)c1ccc(C#CCO)c(F)c1. The Labute approximate surface area is 121 Å². The predicted octanol–water partition coefficient (Wildman–Crippen LogP) is 0.207. The van der Waals surface area contributed by atoms with Crippen molar-refractivity contribution in [2.75, 3.05) is 19.7 Å². The van der Waals surface area contributed by atoms with Crippen LogP contribution >= 0.6 is 0 Å². The van der Waals surface area contributed by atoms with Gasteiger partial charge < -0.3 is 5.11 Å². The van der Waals surface area contributed by atoms with Gasteiger partial charge in [-0.05, 0) is 18.2 Å². The van der Waals surface area contributed by atoms with Crippen molar-refractivity contribution in [3.8, 4) is 24.0 Å². The number of nitrogens with zero attached hydrogens (tertiary/aromatic N) is 3. The first-order valence-electron chi connectivity index (χ1n) is 5.60. The molecule has 6 nitrogen and oxygen atoms in total. The Kier molecular flexibility index (Phi) is 5.83. The van der Waals surface area contributed by atoms with E-state index in [1.165, 1.54) is 0 Å². The van der Waals surface area contributed by atoms with Crippen molar-refractivity contribution in [3.63, 3.8) is 0 Å². The van der Waals surface area contributed by atoms with Gasteiger partial charge in [-0.1, -0.05) is 11.8 Å². The molecule has 0 spiro atoms. The first kappa shape index (κ1) is 16.6. The lowest BCUT2D eigenvalue weighted by molar-refractivity contribution is 0.350. The third-order valence-corrected chi connectivity index (χ3v) is 4.16. The summed E-state index contributed by atoms with van der Waals surface area (Å²) >= 11 is 0. The average Bonchev–Trinajstić information content (AvgIpc) is 2.45. The molecule has 0 saturated carbocycles. The number of aliphatic hydroxyl groups excluding tert-OH is 1. The van der Waals surface area contributed by atoms with Gasteiger partial charge in [-0.3, -0.25) is 0 Å². The van der Waals surface area contributed by atoms with E-state index in [-0.39, 0.29) is 10.5 Å². The monoisotopic (exact) mass is 307 g/mol. The van der Waals surface area contributed by atoms with E-state index in [2.05, 4.69) is 11.8 Å². The third-order valence-electron chi connectivity index (χ3n) is 2.37. The van der Waals surface area contributed by atoms with Crippen LogP contribution in [-0.2, 0) is 10.0 Å². The lowest BCUT2D eigenvalue weighted by atomic mass is 10.2. The van der Waals surface area contributed by atoms with Gasteiger partial charge in [0.25, 0.3) is 0 Å². The molecule has 1 aromatic rings. The highest BCUT2D eigenvalue weighted by Gasteiger charge is 2.24. The highest BCUT2D eigenvalue weighted by atomic mass is 32.2. The minimum Gasteiger partial charge on any atom is -0.384 e. The second-order valence-corrected chi connectivity index (χ2v) is 5.63. The van der Waals surface area contributed by atoms with E-state index in [0.717, 1.165) is 18.2 Å². The number of benzene rings is 1. The molecule has 0 radical (unpaired) electrons. The van der Waals surface area contributed by atoms with E-state index in [4.69, 9.17) is 15.6 Å². The minimum absolute atomic E-state index is 0.0601. The van der Waals surface area contributed by atoms with Gasteiger partial charge in [0.1, 0.15) is 25.5 Å². The van der Waals surface area contributed by atoms with Gasteiger partial charge in [0, 0.05) is 0 Å². The predicted molar refractivity (Wildman–Crippen MR) is 70.3 cm³/mol. The molecule has 0 heterocycles. The molecule has 21 heavy (non-hydrogen) atoms. The quantitative estimate of drug-likeness (QED) is 0.632. The van der Waals surface area contributed by atoms with Crippen molar-refractivity contribution >= 4 is 10.0 Å². The molecule has 0 fully saturated rings. The smallest absolute Gasteiger partial charge is 0.245 e. The fourth-order valence-corrected chi connectivity index (χ4v) is 2.67. The van der Waals surface area contributed by atoms with Gasteiger partial charge in [-0.15, -0.1) is 0 Å². The number of halogens is 1. The van der Waals surface area contributed by atoms with Crippen molar-refractivity contribution in [1.82, 2.24) is 4.31 Å². The zero-order chi connectivity index (χ0) is 15.9. The molecule has 1 aromatic carbocycles. The normalized spacial score (nSPS) is 10.3. The standard InChI is InChI=1S/C13H10FN3O3S/c14-13-10-12(4-3-11(13)2-1-9-18)21(19,20)17(7-5-15)8-6-16/h3-4,10,18H,7-9H2. The Morgan fingerprint density at radius 2 is 1.86 bits per heavy atom. The maximum absolute atomic E-state index is 13.7. The van der Waals surface area contributed by atoms with Crippen LogP contribution in [0.3, 0.4) is 0 Å². The van der Waals surface area contributed by atoms with Gasteiger partial charge in [-0.2, -0.15) is 14.8 Å². The first-order valence-corrected chi connectivity index (χ1v) is 7.04. The topological polar surface area (TPSA) is 105 Å². The van der Waals surface area contributed by atoms with Crippen LogP contribution < -0.4 is 0 Å². The summed E-state index contributed by atoms with van der Waals surface area (Å²) in [5, 5.41) is 25.7. The lowest BCUT2D eigenvalue weighted by Gasteiger charge is -2.15. The number of hydrogen-bond acceptors (Lipinski definition) is 5. The zero-order valence-electron chi connectivity index (χ0n) is 10.7. The van der Waals surface area contributed by atoms with E-state index in [1.54, 1.807) is 12.1 Å².